The number of halogens is 1. The Hall–Kier alpha value is -2.84. The lowest BCUT2D eigenvalue weighted by Gasteiger charge is -2.15. The van der Waals surface area contributed by atoms with E-state index in [2.05, 4.69) is 4.98 Å². The Morgan fingerprint density at radius 3 is 1.96 bits per heavy atom. The van der Waals surface area contributed by atoms with Crippen molar-refractivity contribution in [3.63, 3.8) is 0 Å². The number of ether oxygens (including phenoxy) is 1. The maximum absolute atomic E-state index is 13.0. The van der Waals surface area contributed by atoms with E-state index in [0.717, 1.165) is 0 Å². The maximum Gasteiger partial charge on any atom is 0.127 e. The first-order valence-corrected chi connectivity index (χ1v) is 8.63. The van der Waals surface area contributed by atoms with Crippen LogP contribution in [0.15, 0.2) is 60.7 Å². The van der Waals surface area contributed by atoms with Crippen molar-refractivity contribution in [3.05, 3.63) is 77.7 Å². The first-order chi connectivity index (χ1) is 13.5. The molecule has 2 aromatic carbocycles. The smallest absolute Gasteiger partial charge is 0.127 e. The number of pyridine rings is 1. The first-order valence-electron chi connectivity index (χ1n) is 8.63. The molecule has 0 bridgehead atoms. The summed E-state index contributed by atoms with van der Waals surface area (Å²) in [5, 5.41) is 38.2. The minimum atomic E-state index is -1.20. The Morgan fingerprint density at radius 2 is 1.39 bits per heavy atom. The van der Waals surface area contributed by atoms with E-state index in [1.807, 2.05) is 0 Å². The molecule has 7 heteroatoms. The van der Waals surface area contributed by atoms with Crippen LogP contribution >= 0.6 is 0 Å². The summed E-state index contributed by atoms with van der Waals surface area (Å²) in [7, 11) is 0. The minimum Gasteiger partial charge on any atom is -0.457 e. The molecule has 0 saturated carbocycles. The van der Waals surface area contributed by atoms with Gasteiger partial charge < -0.3 is 25.2 Å². The summed E-state index contributed by atoms with van der Waals surface area (Å²) in [5.74, 6) is 0.686. The Labute approximate surface area is 161 Å². The van der Waals surface area contributed by atoms with Crippen LogP contribution in [0.4, 0.5) is 4.39 Å². The number of benzene rings is 2. The fourth-order valence-electron chi connectivity index (χ4n) is 2.62. The van der Waals surface area contributed by atoms with Gasteiger partial charge in [-0.3, -0.25) is 0 Å². The van der Waals surface area contributed by atoms with Crippen LogP contribution in [-0.4, -0.2) is 38.6 Å². The van der Waals surface area contributed by atoms with Gasteiger partial charge >= 0.3 is 0 Å². The van der Waals surface area contributed by atoms with Gasteiger partial charge in [-0.05, 0) is 66.2 Å². The third-order valence-electron chi connectivity index (χ3n) is 4.14. The van der Waals surface area contributed by atoms with Crippen LogP contribution in [0, 0.1) is 5.82 Å². The van der Waals surface area contributed by atoms with Gasteiger partial charge in [0.05, 0.1) is 24.6 Å². The van der Waals surface area contributed by atoms with E-state index >= 15 is 0 Å². The summed E-state index contributed by atoms with van der Waals surface area (Å²) in [6.07, 6.45) is -2.34. The summed E-state index contributed by atoms with van der Waals surface area (Å²) >= 11 is 0. The summed E-state index contributed by atoms with van der Waals surface area (Å²) < 4.78 is 18.6. The highest BCUT2D eigenvalue weighted by molar-refractivity contribution is 5.61. The molecule has 0 aliphatic heterocycles. The Balaban J connectivity index is 1.88. The molecule has 1 aromatic heterocycles. The van der Waals surface area contributed by atoms with Crippen LogP contribution < -0.4 is 4.74 Å². The molecule has 28 heavy (non-hydrogen) atoms. The van der Waals surface area contributed by atoms with Crippen LogP contribution in [0.3, 0.4) is 0 Å². The molecule has 0 spiro atoms. The second-order valence-electron chi connectivity index (χ2n) is 6.19. The molecule has 0 aliphatic rings. The molecule has 3 aromatic rings. The topological polar surface area (TPSA) is 103 Å². The van der Waals surface area contributed by atoms with Gasteiger partial charge in [0.15, 0.2) is 0 Å². The lowest BCUT2D eigenvalue weighted by atomic mass is 10.0. The Bertz CT molecular complexity index is 887. The number of rotatable bonds is 7. The number of aromatic nitrogens is 1. The number of nitrogens with zero attached hydrogens (tertiary/aromatic N) is 1. The fourth-order valence-corrected chi connectivity index (χ4v) is 2.62. The number of aliphatic hydroxyl groups is 4. The van der Waals surface area contributed by atoms with E-state index in [-0.39, 0.29) is 11.5 Å². The summed E-state index contributed by atoms with van der Waals surface area (Å²) in [6.45, 7) is -1.00. The molecule has 2 unspecified atom stereocenters. The van der Waals surface area contributed by atoms with Crippen molar-refractivity contribution in [1.29, 1.82) is 0 Å². The van der Waals surface area contributed by atoms with Crippen molar-refractivity contribution < 1.29 is 29.6 Å². The van der Waals surface area contributed by atoms with E-state index in [0.29, 0.717) is 28.3 Å². The zero-order valence-corrected chi connectivity index (χ0v) is 14.9. The molecule has 6 nitrogen and oxygen atoms in total. The normalized spacial score (nSPS) is 13.2. The van der Waals surface area contributed by atoms with Gasteiger partial charge in [0, 0.05) is 5.56 Å². The molecular weight excluding hydrogens is 365 g/mol. The van der Waals surface area contributed by atoms with Gasteiger partial charge in [-0.25, -0.2) is 9.37 Å². The van der Waals surface area contributed by atoms with Gasteiger partial charge in [-0.1, -0.05) is 0 Å². The van der Waals surface area contributed by atoms with Gasteiger partial charge in [0.25, 0.3) is 0 Å². The largest absolute Gasteiger partial charge is 0.457 e. The standard InChI is InChI=1S/C21H20FNO5/c22-15-3-7-17(8-4-15)28-16-5-1-13(2-6-16)18-9-14(20(26)11-24)10-19(23-18)21(27)12-25/h1-10,20-21,24-27H,11-12H2. The summed E-state index contributed by atoms with van der Waals surface area (Å²) in [6, 6.07) is 15.6. The van der Waals surface area contributed by atoms with Crippen LogP contribution in [0.1, 0.15) is 23.5 Å². The van der Waals surface area contributed by atoms with Crippen molar-refractivity contribution in [2.75, 3.05) is 13.2 Å². The molecule has 0 amide bonds. The molecule has 1 heterocycles. The fraction of sp³-hybridized carbons (Fsp3) is 0.190. The van der Waals surface area contributed by atoms with Crippen molar-refractivity contribution in [3.8, 4) is 22.8 Å². The molecular formula is C21H20FNO5. The van der Waals surface area contributed by atoms with Crippen molar-refractivity contribution in [2.45, 2.75) is 12.2 Å². The third-order valence-corrected chi connectivity index (χ3v) is 4.14. The van der Waals surface area contributed by atoms with E-state index < -0.39 is 25.4 Å². The molecule has 146 valence electrons. The predicted molar refractivity (Wildman–Crippen MR) is 100 cm³/mol. The molecule has 0 fully saturated rings. The Morgan fingerprint density at radius 1 is 0.821 bits per heavy atom. The van der Waals surface area contributed by atoms with Gasteiger partial charge in [-0.2, -0.15) is 0 Å². The molecule has 0 saturated heterocycles. The molecule has 0 radical (unpaired) electrons. The molecule has 3 rings (SSSR count). The number of hydrogen-bond donors (Lipinski definition) is 4. The summed E-state index contributed by atoms with van der Waals surface area (Å²) in [5.41, 5.74) is 1.71. The quantitative estimate of drug-likeness (QED) is 0.499. The Kier molecular flexibility index (Phi) is 6.33. The SMILES string of the molecule is OCC(O)c1cc(-c2ccc(Oc3ccc(F)cc3)cc2)nc(C(O)CO)c1. The van der Waals surface area contributed by atoms with Crippen LogP contribution in [0.2, 0.25) is 0 Å². The highest BCUT2D eigenvalue weighted by Crippen LogP contribution is 2.28. The van der Waals surface area contributed by atoms with Crippen LogP contribution in [0.25, 0.3) is 11.3 Å². The van der Waals surface area contributed by atoms with Crippen LogP contribution in [0.5, 0.6) is 11.5 Å². The number of aliphatic hydroxyl groups excluding tert-OH is 4. The average Bonchev–Trinajstić information content (AvgIpc) is 2.74. The molecule has 0 aliphatic carbocycles. The summed E-state index contributed by atoms with van der Waals surface area (Å²) in [4.78, 5) is 4.33. The van der Waals surface area contributed by atoms with Crippen molar-refractivity contribution >= 4 is 0 Å². The number of hydrogen-bond acceptors (Lipinski definition) is 6. The average molecular weight is 385 g/mol. The van der Waals surface area contributed by atoms with Crippen LogP contribution in [-0.2, 0) is 0 Å². The van der Waals surface area contributed by atoms with Crippen molar-refractivity contribution in [2.24, 2.45) is 0 Å². The van der Waals surface area contributed by atoms with E-state index in [4.69, 9.17) is 4.74 Å². The van der Waals surface area contributed by atoms with E-state index in [1.54, 1.807) is 30.3 Å². The molecule has 4 N–H and O–H groups in total. The zero-order valence-electron chi connectivity index (χ0n) is 14.9. The van der Waals surface area contributed by atoms with Gasteiger partial charge in [0.1, 0.15) is 29.5 Å². The van der Waals surface area contributed by atoms with E-state index in [1.165, 1.54) is 30.3 Å². The first kappa shape index (κ1) is 19.9. The third kappa shape index (κ3) is 4.71. The predicted octanol–water partition coefficient (Wildman–Crippen LogP) is 2.73. The van der Waals surface area contributed by atoms with Gasteiger partial charge in [-0.15, -0.1) is 0 Å². The molecule has 2 atom stereocenters. The lowest BCUT2D eigenvalue weighted by Crippen LogP contribution is -2.10. The lowest BCUT2D eigenvalue weighted by molar-refractivity contribution is 0.0882. The highest BCUT2D eigenvalue weighted by Gasteiger charge is 2.15. The highest BCUT2D eigenvalue weighted by atomic mass is 19.1. The minimum absolute atomic E-state index is 0.189. The van der Waals surface area contributed by atoms with Crippen molar-refractivity contribution in [1.82, 2.24) is 4.98 Å². The van der Waals surface area contributed by atoms with E-state index in [9.17, 15) is 24.8 Å². The maximum atomic E-state index is 13.0. The van der Waals surface area contributed by atoms with Gasteiger partial charge in [0.2, 0.25) is 0 Å². The zero-order chi connectivity index (χ0) is 20.1. The second-order valence-corrected chi connectivity index (χ2v) is 6.19. The monoisotopic (exact) mass is 385 g/mol. The second kappa shape index (κ2) is 8.90.